The Morgan fingerprint density at radius 2 is 1.85 bits per heavy atom. The highest BCUT2D eigenvalue weighted by molar-refractivity contribution is 5.72. The summed E-state index contributed by atoms with van der Waals surface area (Å²) in [6.07, 6.45) is 1.95. The van der Waals surface area contributed by atoms with Crippen LogP contribution >= 0.6 is 0 Å². The second-order valence-corrected chi connectivity index (χ2v) is 5.59. The van der Waals surface area contributed by atoms with Gasteiger partial charge in [0.2, 0.25) is 0 Å². The molecule has 4 nitrogen and oxygen atoms in total. The maximum atomic E-state index is 11.0. The first kappa shape index (κ1) is 14.9. The summed E-state index contributed by atoms with van der Waals surface area (Å²) in [5.74, 6) is 0.233. The van der Waals surface area contributed by atoms with Gasteiger partial charge in [0, 0.05) is 13.1 Å². The highest BCUT2D eigenvalue weighted by atomic mass is 16.5. The smallest absolute Gasteiger partial charge is 0.320 e. The van der Waals surface area contributed by atoms with Gasteiger partial charge in [-0.3, -0.25) is 9.69 Å². The molecule has 0 unspecified atom stereocenters. The van der Waals surface area contributed by atoms with Crippen molar-refractivity contribution in [3.05, 3.63) is 29.3 Å². The minimum atomic E-state index is -0.751. The molecule has 0 aliphatic carbocycles. The standard InChI is InChI=1S/C16H23NO3/c1-11-5-4-6-12(2)15(11)20-14-7-9-17(10-8-14)13(3)16(18)19/h4-6,13-14H,7-10H2,1-3H3,(H,18,19)/t13-/m1/s1. The van der Waals surface area contributed by atoms with Crippen molar-refractivity contribution < 1.29 is 14.6 Å². The Morgan fingerprint density at radius 3 is 2.35 bits per heavy atom. The van der Waals surface area contributed by atoms with Crippen LogP contribution in [0.2, 0.25) is 0 Å². The van der Waals surface area contributed by atoms with Crippen molar-refractivity contribution in [3.63, 3.8) is 0 Å². The van der Waals surface area contributed by atoms with Crippen LogP contribution in [-0.2, 0) is 4.79 Å². The molecule has 1 atom stereocenters. The Morgan fingerprint density at radius 1 is 1.30 bits per heavy atom. The van der Waals surface area contributed by atoms with E-state index in [1.165, 1.54) is 0 Å². The van der Waals surface area contributed by atoms with E-state index in [2.05, 4.69) is 26.0 Å². The van der Waals surface area contributed by atoms with Gasteiger partial charge < -0.3 is 9.84 Å². The van der Waals surface area contributed by atoms with Crippen molar-refractivity contribution in [2.75, 3.05) is 13.1 Å². The first-order valence-electron chi connectivity index (χ1n) is 7.18. The highest BCUT2D eigenvalue weighted by Crippen LogP contribution is 2.26. The number of hydrogen-bond donors (Lipinski definition) is 1. The number of aryl methyl sites for hydroxylation is 2. The van der Waals surface area contributed by atoms with Gasteiger partial charge in [-0.05, 0) is 44.7 Å². The van der Waals surface area contributed by atoms with Crippen LogP contribution in [0.3, 0.4) is 0 Å². The maximum Gasteiger partial charge on any atom is 0.320 e. The predicted molar refractivity (Wildman–Crippen MR) is 78.2 cm³/mol. The summed E-state index contributed by atoms with van der Waals surface area (Å²) < 4.78 is 6.13. The van der Waals surface area contributed by atoms with Gasteiger partial charge in [-0.15, -0.1) is 0 Å². The number of carbonyl (C=O) groups is 1. The van der Waals surface area contributed by atoms with Gasteiger partial charge in [0.05, 0.1) is 0 Å². The zero-order chi connectivity index (χ0) is 14.7. The molecule has 1 aliphatic rings. The average molecular weight is 277 g/mol. The Bertz CT molecular complexity index is 458. The summed E-state index contributed by atoms with van der Waals surface area (Å²) in [4.78, 5) is 13.0. The van der Waals surface area contributed by atoms with E-state index in [1.807, 2.05) is 11.0 Å². The molecular weight excluding hydrogens is 254 g/mol. The third-order valence-corrected chi connectivity index (χ3v) is 4.07. The lowest BCUT2D eigenvalue weighted by molar-refractivity contribution is -0.143. The van der Waals surface area contributed by atoms with E-state index in [-0.39, 0.29) is 6.10 Å². The Hall–Kier alpha value is -1.55. The van der Waals surface area contributed by atoms with Crippen LogP contribution in [0.1, 0.15) is 30.9 Å². The summed E-state index contributed by atoms with van der Waals surface area (Å²) in [5.41, 5.74) is 2.32. The van der Waals surface area contributed by atoms with E-state index in [0.717, 1.165) is 42.8 Å². The van der Waals surface area contributed by atoms with E-state index in [0.29, 0.717) is 0 Å². The third kappa shape index (κ3) is 3.31. The van der Waals surface area contributed by atoms with Crippen molar-refractivity contribution in [3.8, 4) is 5.75 Å². The zero-order valence-corrected chi connectivity index (χ0v) is 12.4. The molecule has 1 fully saturated rings. The molecule has 0 bridgehead atoms. The third-order valence-electron chi connectivity index (χ3n) is 4.07. The van der Waals surface area contributed by atoms with Crippen LogP contribution in [-0.4, -0.2) is 41.2 Å². The number of piperidine rings is 1. The van der Waals surface area contributed by atoms with Crippen LogP contribution in [0.15, 0.2) is 18.2 Å². The number of carboxylic acids is 1. The Kier molecular flexibility index (Phi) is 4.65. The molecule has 1 N–H and O–H groups in total. The number of ether oxygens (including phenoxy) is 1. The first-order valence-corrected chi connectivity index (χ1v) is 7.18. The van der Waals surface area contributed by atoms with Crippen LogP contribution in [0.5, 0.6) is 5.75 Å². The fraction of sp³-hybridized carbons (Fsp3) is 0.562. The van der Waals surface area contributed by atoms with Crippen molar-refractivity contribution in [2.24, 2.45) is 0 Å². The minimum Gasteiger partial charge on any atom is -0.490 e. The maximum absolute atomic E-state index is 11.0. The largest absolute Gasteiger partial charge is 0.490 e. The number of carboxylic acid groups (broad SMARTS) is 1. The number of aliphatic carboxylic acids is 1. The molecule has 1 saturated heterocycles. The van der Waals surface area contributed by atoms with Gasteiger partial charge in [-0.25, -0.2) is 0 Å². The number of nitrogens with zero attached hydrogens (tertiary/aromatic N) is 1. The normalized spacial score (nSPS) is 18.8. The number of benzene rings is 1. The summed E-state index contributed by atoms with van der Waals surface area (Å²) >= 11 is 0. The van der Waals surface area contributed by atoms with Crippen molar-refractivity contribution in [1.82, 2.24) is 4.90 Å². The van der Waals surface area contributed by atoms with Gasteiger partial charge in [-0.1, -0.05) is 18.2 Å². The second-order valence-electron chi connectivity index (χ2n) is 5.59. The topological polar surface area (TPSA) is 49.8 Å². The summed E-state index contributed by atoms with van der Waals surface area (Å²) in [6, 6.07) is 5.75. The molecular formula is C16H23NO3. The van der Waals surface area contributed by atoms with Crippen LogP contribution in [0, 0.1) is 13.8 Å². The van der Waals surface area contributed by atoms with Crippen LogP contribution in [0.4, 0.5) is 0 Å². The molecule has 4 heteroatoms. The van der Waals surface area contributed by atoms with Crippen molar-refractivity contribution >= 4 is 5.97 Å². The predicted octanol–water partition coefficient (Wildman–Crippen LogP) is 2.62. The fourth-order valence-corrected chi connectivity index (χ4v) is 2.69. The molecule has 20 heavy (non-hydrogen) atoms. The lowest BCUT2D eigenvalue weighted by Gasteiger charge is -2.34. The number of para-hydroxylation sites is 1. The molecule has 1 aliphatic heterocycles. The summed E-state index contributed by atoms with van der Waals surface area (Å²) in [5, 5.41) is 9.04. The lowest BCUT2D eigenvalue weighted by Crippen LogP contribution is -2.46. The second kappa shape index (κ2) is 6.27. The fourth-order valence-electron chi connectivity index (χ4n) is 2.69. The summed E-state index contributed by atoms with van der Waals surface area (Å²) in [7, 11) is 0. The molecule has 0 radical (unpaired) electrons. The Labute approximate surface area is 120 Å². The van der Waals surface area contributed by atoms with Gasteiger partial charge in [0.15, 0.2) is 0 Å². The summed E-state index contributed by atoms with van der Waals surface area (Å²) in [6.45, 7) is 7.43. The zero-order valence-electron chi connectivity index (χ0n) is 12.4. The van der Waals surface area contributed by atoms with E-state index in [1.54, 1.807) is 6.92 Å². The molecule has 0 amide bonds. The first-order chi connectivity index (χ1) is 9.49. The van der Waals surface area contributed by atoms with Crippen LogP contribution in [0.25, 0.3) is 0 Å². The van der Waals surface area contributed by atoms with Gasteiger partial charge in [-0.2, -0.15) is 0 Å². The molecule has 0 saturated carbocycles. The molecule has 110 valence electrons. The highest BCUT2D eigenvalue weighted by Gasteiger charge is 2.27. The van der Waals surface area contributed by atoms with Gasteiger partial charge in [0.1, 0.15) is 17.9 Å². The minimum absolute atomic E-state index is 0.187. The number of hydrogen-bond acceptors (Lipinski definition) is 3. The van der Waals surface area contributed by atoms with E-state index in [9.17, 15) is 4.79 Å². The number of likely N-dealkylation sites (tertiary alicyclic amines) is 1. The van der Waals surface area contributed by atoms with E-state index in [4.69, 9.17) is 9.84 Å². The SMILES string of the molecule is Cc1cccc(C)c1OC1CCN([C@H](C)C(=O)O)CC1. The van der Waals surface area contributed by atoms with E-state index < -0.39 is 12.0 Å². The molecule has 0 spiro atoms. The molecule has 2 rings (SSSR count). The van der Waals surface area contributed by atoms with Gasteiger partial charge >= 0.3 is 5.97 Å². The molecule has 1 aromatic rings. The average Bonchev–Trinajstić information content (AvgIpc) is 2.43. The van der Waals surface area contributed by atoms with E-state index >= 15 is 0 Å². The Balaban J connectivity index is 1.93. The lowest BCUT2D eigenvalue weighted by atomic mass is 10.0. The monoisotopic (exact) mass is 277 g/mol. The molecule has 1 heterocycles. The van der Waals surface area contributed by atoms with Crippen molar-refractivity contribution in [2.45, 2.75) is 45.8 Å². The van der Waals surface area contributed by atoms with Gasteiger partial charge in [0.25, 0.3) is 0 Å². The van der Waals surface area contributed by atoms with Crippen molar-refractivity contribution in [1.29, 1.82) is 0 Å². The quantitative estimate of drug-likeness (QED) is 0.919. The number of rotatable bonds is 4. The van der Waals surface area contributed by atoms with Crippen LogP contribution < -0.4 is 4.74 Å². The molecule has 0 aromatic heterocycles. The molecule has 1 aromatic carbocycles.